The molecule has 0 aliphatic rings. The van der Waals surface area contributed by atoms with Gasteiger partial charge in [-0.05, 0) is 64.2 Å². The number of carbonyl (C=O) groups excluding carboxylic acids is 2. The topological polar surface area (TPSA) is 141 Å². The van der Waals surface area contributed by atoms with Gasteiger partial charge in [0.25, 0.3) is 0 Å². The zero-order chi connectivity index (χ0) is 35.7. The maximum atomic E-state index is 12.8. The van der Waals surface area contributed by atoms with Crippen molar-refractivity contribution < 1.29 is 38.7 Å². The summed E-state index contributed by atoms with van der Waals surface area (Å²) in [5, 5.41) is 21.0. The SMILES string of the molecule is CCCCCCCC/C=C\CCCCCCCC(=O)C(O)C(O)C(OP(=O)(O)O)C(=O)CCCCCCC/C=C\CCCCCCCC. The Morgan fingerprint density at radius 3 is 1.19 bits per heavy atom. The number of phosphoric acid groups is 1. The van der Waals surface area contributed by atoms with Crippen LogP contribution in [0.1, 0.15) is 194 Å². The minimum atomic E-state index is -5.14. The number of rotatable bonds is 36. The number of hydrogen-bond acceptors (Lipinski definition) is 6. The van der Waals surface area contributed by atoms with Gasteiger partial charge in [0.05, 0.1) is 0 Å². The number of unbranched alkanes of at least 4 members (excludes halogenated alkanes) is 22. The number of aliphatic hydroxyl groups is 2. The predicted octanol–water partition coefficient (Wildman–Crippen LogP) is 10.4. The van der Waals surface area contributed by atoms with E-state index in [1.54, 1.807) is 0 Å². The largest absolute Gasteiger partial charge is 0.470 e. The van der Waals surface area contributed by atoms with Gasteiger partial charge in [-0.1, -0.05) is 141 Å². The minimum Gasteiger partial charge on any atom is -0.387 e. The van der Waals surface area contributed by atoms with Crippen molar-refractivity contribution in [2.24, 2.45) is 0 Å². The van der Waals surface area contributed by atoms with Crippen LogP contribution in [-0.4, -0.2) is 49.9 Å². The van der Waals surface area contributed by atoms with Crippen molar-refractivity contribution in [3.05, 3.63) is 24.3 Å². The van der Waals surface area contributed by atoms with Gasteiger partial charge in [-0.25, -0.2) is 4.57 Å². The van der Waals surface area contributed by atoms with E-state index in [0.29, 0.717) is 12.8 Å². The molecule has 3 unspecified atom stereocenters. The standard InChI is InChI=1S/C39H73O8P/c1-3-5-7-9-11-13-15-17-19-21-23-25-27-29-31-33-35(40)37(42)38(43)39(47-48(44,45)46)36(41)34-32-30-28-26-24-22-20-18-16-14-12-10-8-6-4-2/h17-20,37-39,42-43H,3-16,21-34H2,1-2H3,(H2,44,45,46)/b19-17-,20-18-. The molecular weight excluding hydrogens is 627 g/mol. The van der Waals surface area contributed by atoms with Crippen molar-refractivity contribution in [1.29, 1.82) is 0 Å². The third kappa shape index (κ3) is 29.7. The van der Waals surface area contributed by atoms with Gasteiger partial charge in [0.15, 0.2) is 17.7 Å². The minimum absolute atomic E-state index is 0.0153. The molecule has 48 heavy (non-hydrogen) atoms. The second-order valence-corrected chi connectivity index (χ2v) is 14.7. The summed E-state index contributed by atoms with van der Waals surface area (Å²) < 4.78 is 16.1. The number of carbonyl (C=O) groups is 2. The molecule has 0 bridgehead atoms. The molecule has 0 aromatic carbocycles. The van der Waals surface area contributed by atoms with Crippen LogP contribution in [0, 0.1) is 0 Å². The first-order valence-corrected chi connectivity index (χ1v) is 21.1. The van der Waals surface area contributed by atoms with Gasteiger partial charge in [0, 0.05) is 12.8 Å². The summed E-state index contributed by atoms with van der Waals surface area (Å²) in [6.07, 6.45) is 31.7. The van der Waals surface area contributed by atoms with Gasteiger partial charge in [-0.2, -0.15) is 0 Å². The molecule has 0 fully saturated rings. The van der Waals surface area contributed by atoms with Crippen LogP contribution in [0.15, 0.2) is 24.3 Å². The van der Waals surface area contributed by atoms with E-state index in [0.717, 1.165) is 77.0 Å². The van der Waals surface area contributed by atoms with Crippen molar-refractivity contribution in [3.63, 3.8) is 0 Å². The van der Waals surface area contributed by atoms with Gasteiger partial charge in [0.1, 0.15) is 12.2 Å². The number of Topliss-reactive ketones (excluding diaryl/α,β-unsaturated/α-hetero) is 2. The fraction of sp³-hybridized carbons (Fsp3) is 0.846. The Kier molecular flexibility index (Phi) is 32.2. The van der Waals surface area contributed by atoms with Crippen molar-refractivity contribution in [2.45, 2.75) is 212 Å². The highest BCUT2D eigenvalue weighted by Gasteiger charge is 2.39. The second kappa shape index (κ2) is 33.0. The van der Waals surface area contributed by atoms with E-state index < -0.39 is 37.7 Å². The van der Waals surface area contributed by atoms with Crippen LogP contribution in [0.3, 0.4) is 0 Å². The average Bonchev–Trinajstić information content (AvgIpc) is 3.05. The highest BCUT2D eigenvalue weighted by atomic mass is 31.2. The summed E-state index contributed by atoms with van der Waals surface area (Å²) in [7, 11) is -5.14. The molecule has 0 rings (SSSR count). The lowest BCUT2D eigenvalue weighted by Gasteiger charge is -2.25. The molecule has 282 valence electrons. The third-order valence-electron chi connectivity index (χ3n) is 8.90. The number of allylic oxidation sites excluding steroid dienone is 4. The summed E-state index contributed by atoms with van der Waals surface area (Å²) in [5.41, 5.74) is 0. The zero-order valence-corrected chi connectivity index (χ0v) is 31.6. The monoisotopic (exact) mass is 701 g/mol. The lowest BCUT2D eigenvalue weighted by Crippen LogP contribution is -2.47. The van der Waals surface area contributed by atoms with Gasteiger partial charge < -0.3 is 20.0 Å². The quantitative estimate of drug-likeness (QED) is 0.0287. The molecule has 0 saturated heterocycles. The lowest BCUT2D eigenvalue weighted by molar-refractivity contribution is -0.146. The Hall–Kier alpha value is -1.15. The maximum absolute atomic E-state index is 12.8. The molecule has 0 aliphatic heterocycles. The Balaban J connectivity index is 4.20. The Labute approximate surface area is 293 Å². The van der Waals surface area contributed by atoms with Crippen LogP contribution in [0.25, 0.3) is 0 Å². The van der Waals surface area contributed by atoms with Crippen molar-refractivity contribution in [3.8, 4) is 0 Å². The molecule has 8 nitrogen and oxygen atoms in total. The predicted molar refractivity (Wildman–Crippen MR) is 198 cm³/mol. The van der Waals surface area contributed by atoms with E-state index in [1.807, 2.05) is 0 Å². The average molecular weight is 701 g/mol. The number of hydrogen-bond donors (Lipinski definition) is 4. The number of ketones is 2. The molecule has 0 saturated carbocycles. The van der Waals surface area contributed by atoms with Crippen LogP contribution in [0.4, 0.5) is 0 Å². The van der Waals surface area contributed by atoms with E-state index >= 15 is 0 Å². The summed E-state index contributed by atoms with van der Waals surface area (Å²) in [6.45, 7) is 4.46. The zero-order valence-electron chi connectivity index (χ0n) is 30.7. The van der Waals surface area contributed by atoms with Crippen LogP contribution < -0.4 is 0 Å². The molecule has 4 N–H and O–H groups in total. The highest BCUT2D eigenvalue weighted by Crippen LogP contribution is 2.39. The lowest BCUT2D eigenvalue weighted by atomic mass is 9.95. The first-order valence-electron chi connectivity index (χ1n) is 19.6. The van der Waals surface area contributed by atoms with Gasteiger partial charge >= 0.3 is 7.82 Å². The molecule has 0 heterocycles. The molecular formula is C39H73O8P. The first kappa shape index (κ1) is 46.9. The van der Waals surface area contributed by atoms with Gasteiger partial charge in [-0.3, -0.25) is 14.1 Å². The number of phosphoric ester groups is 1. The van der Waals surface area contributed by atoms with Crippen molar-refractivity contribution in [2.75, 3.05) is 0 Å². The van der Waals surface area contributed by atoms with Gasteiger partial charge in [-0.15, -0.1) is 0 Å². The van der Waals surface area contributed by atoms with E-state index in [-0.39, 0.29) is 12.8 Å². The summed E-state index contributed by atoms with van der Waals surface area (Å²) in [5.74, 6) is -1.38. The smallest absolute Gasteiger partial charge is 0.387 e. The molecule has 3 atom stereocenters. The summed E-state index contributed by atoms with van der Waals surface area (Å²) in [4.78, 5) is 43.9. The normalized spacial score (nSPS) is 14.2. The van der Waals surface area contributed by atoms with Crippen molar-refractivity contribution >= 4 is 19.4 Å². The fourth-order valence-corrected chi connectivity index (χ4v) is 6.38. The van der Waals surface area contributed by atoms with E-state index in [1.165, 1.54) is 77.0 Å². The van der Waals surface area contributed by atoms with Crippen LogP contribution in [-0.2, 0) is 18.7 Å². The molecule has 0 aromatic heterocycles. The van der Waals surface area contributed by atoms with Crippen LogP contribution in [0.2, 0.25) is 0 Å². The molecule has 0 aromatic rings. The Morgan fingerprint density at radius 1 is 0.521 bits per heavy atom. The Bertz CT molecular complexity index is 868. The maximum Gasteiger partial charge on any atom is 0.470 e. The van der Waals surface area contributed by atoms with Crippen LogP contribution >= 0.6 is 7.82 Å². The van der Waals surface area contributed by atoms with E-state index in [9.17, 15) is 34.2 Å². The van der Waals surface area contributed by atoms with E-state index in [2.05, 4.69) is 42.7 Å². The molecule has 0 amide bonds. The fourth-order valence-electron chi connectivity index (χ4n) is 5.85. The molecule has 0 aliphatic carbocycles. The third-order valence-corrected chi connectivity index (χ3v) is 9.40. The molecule has 0 radical (unpaired) electrons. The highest BCUT2D eigenvalue weighted by molar-refractivity contribution is 7.46. The van der Waals surface area contributed by atoms with Gasteiger partial charge in [0.2, 0.25) is 0 Å². The summed E-state index contributed by atoms with van der Waals surface area (Å²) in [6, 6.07) is 0. The second-order valence-electron chi connectivity index (χ2n) is 13.6. The van der Waals surface area contributed by atoms with Crippen LogP contribution in [0.5, 0.6) is 0 Å². The number of aliphatic hydroxyl groups excluding tert-OH is 2. The van der Waals surface area contributed by atoms with E-state index in [4.69, 9.17) is 0 Å². The first-order chi connectivity index (χ1) is 23.1. The summed E-state index contributed by atoms with van der Waals surface area (Å²) >= 11 is 0. The van der Waals surface area contributed by atoms with Crippen molar-refractivity contribution in [1.82, 2.24) is 0 Å². The molecule has 0 spiro atoms. The molecule has 9 heteroatoms. The Morgan fingerprint density at radius 2 is 0.833 bits per heavy atom.